The van der Waals surface area contributed by atoms with Gasteiger partial charge in [0.2, 0.25) is 5.91 Å². The number of nitrogens with two attached hydrogens (primary N) is 1. The molecule has 17 heavy (non-hydrogen) atoms. The fourth-order valence-corrected chi connectivity index (χ4v) is 1.42. The molecule has 0 bridgehead atoms. The molecule has 0 saturated heterocycles. The van der Waals surface area contributed by atoms with Gasteiger partial charge in [0.05, 0.1) is 0 Å². The van der Waals surface area contributed by atoms with E-state index in [1.165, 1.54) is 12.5 Å². The first kappa shape index (κ1) is 15.9. The molecule has 1 aromatic rings. The Morgan fingerprint density at radius 1 is 1.29 bits per heavy atom. The van der Waals surface area contributed by atoms with Crippen LogP contribution in [0.2, 0.25) is 0 Å². The summed E-state index contributed by atoms with van der Waals surface area (Å²) in [6.45, 7) is 5.56. The highest BCUT2D eigenvalue weighted by molar-refractivity contribution is 5.88. The van der Waals surface area contributed by atoms with Gasteiger partial charge in [-0.05, 0) is 44.4 Å². The second-order valence-corrected chi connectivity index (χ2v) is 4.87. The molecule has 1 rings (SSSR count). The smallest absolute Gasteiger partial charge is 0.221 e. The zero-order valence-corrected chi connectivity index (χ0v) is 11.4. The van der Waals surface area contributed by atoms with Crippen LogP contribution in [0.1, 0.15) is 32.8 Å². The van der Waals surface area contributed by atoms with Crippen LogP contribution in [0.4, 0.5) is 5.69 Å². The van der Waals surface area contributed by atoms with E-state index in [2.05, 4.69) is 5.32 Å². The van der Waals surface area contributed by atoms with E-state index < -0.39 is 0 Å². The van der Waals surface area contributed by atoms with Crippen molar-refractivity contribution in [2.75, 3.05) is 5.32 Å². The number of nitrogens with one attached hydrogen (secondary N) is 1. The minimum absolute atomic E-state index is 0. The highest BCUT2D eigenvalue weighted by Crippen LogP contribution is 2.14. The zero-order chi connectivity index (χ0) is 12.2. The monoisotopic (exact) mass is 256 g/mol. The van der Waals surface area contributed by atoms with E-state index in [9.17, 15) is 4.79 Å². The number of benzene rings is 1. The molecule has 1 amide bonds. The van der Waals surface area contributed by atoms with E-state index in [1.54, 1.807) is 0 Å². The number of hydrogen-bond donors (Lipinski definition) is 2. The predicted molar refractivity (Wildman–Crippen MR) is 74.6 cm³/mol. The molecule has 0 radical (unpaired) electrons. The van der Waals surface area contributed by atoms with E-state index in [0.717, 1.165) is 18.5 Å². The lowest BCUT2D eigenvalue weighted by Gasteiger charge is -2.18. The van der Waals surface area contributed by atoms with Gasteiger partial charge in [-0.1, -0.05) is 12.1 Å². The summed E-state index contributed by atoms with van der Waals surface area (Å²) in [7, 11) is 0. The number of rotatable bonds is 4. The van der Waals surface area contributed by atoms with Crippen molar-refractivity contribution in [2.24, 2.45) is 5.73 Å². The van der Waals surface area contributed by atoms with E-state index in [4.69, 9.17) is 5.73 Å². The summed E-state index contributed by atoms with van der Waals surface area (Å²) >= 11 is 0. The average molecular weight is 257 g/mol. The zero-order valence-electron chi connectivity index (χ0n) is 10.6. The van der Waals surface area contributed by atoms with Crippen molar-refractivity contribution in [3.05, 3.63) is 29.8 Å². The summed E-state index contributed by atoms with van der Waals surface area (Å²) in [5, 5.41) is 2.74. The van der Waals surface area contributed by atoms with E-state index >= 15 is 0 Å². The third-order valence-corrected chi connectivity index (χ3v) is 2.33. The third-order valence-electron chi connectivity index (χ3n) is 2.33. The predicted octanol–water partition coefficient (Wildman–Crippen LogP) is 2.74. The molecule has 0 aliphatic heterocycles. The van der Waals surface area contributed by atoms with Crippen molar-refractivity contribution in [3.8, 4) is 0 Å². The highest BCUT2D eigenvalue weighted by atomic mass is 35.5. The SMILES string of the molecule is CC(=O)Nc1ccc(CCC(C)(C)N)cc1.Cl. The number of carbonyl (C=O) groups is 1. The highest BCUT2D eigenvalue weighted by Gasteiger charge is 2.10. The van der Waals surface area contributed by atoms with Crippen molar-refractivity contribution in [2.45, 2.75) is 39.2 Å². The van der Waals surface area contributed by atoms with Crippen LogP contribution in [0.5, 0.6) is 0 Å². The summed E-state index contributed by atoms with van der Waals surface area (Å²) in [5.74, 6) is -0.0455. The van der Waals surface area contributed by atoms with Gasteiger partial charge in [-0.15, -0.1) is 12.4 Å². The molecule has 0 aromatic heterocycles. The number of anilines is 1. The Bertz CT molecular complexity index is 355. The maximum absolute atomic E-state index is 10.8. The lowest BCUT2D eigenvalue weighted by atomic mass is 9.96. The number of aryl methyl sites for hydroxylation is 1. The van der Waals surface area contributed by atoms with Crippen molar-refractivity contribution in [1.29, 1.82) is 0 Å². The molecule has 0 spiro atoms. The summed E-state index contributed by atoms with van der Waals surface area (Å²) in [4.78, 5) is 10.8. The van der Waals surface area contributed by atoms with Crippen molar-refractivity contribution in [3.63, 3.8) is 0 Å². The normalized spacial score (nSPS) is 10.6. The van der Waals surface area contributed by atoms with Gasteiger partial charge in [-0.2, -0.15) is 0 Å². The van der Waals surface area contributed by atoms with Crippen LogP contribution < -0.4 is 11.1 Å². The van der Waals surface area contributed by atoms with Gasteiger partial charge < -0.3 is 11.1 Å². The van der Waals surface area contributed by atoms with Crippen molar-refractivity contribution in [1.82, 2.24) is 0 Å². The second kappa shape index (κ2) is 6.62. The molecule has 96 valence electrons. The lowest BCUT2D eigenvalue weighted by molar-refractivity contribution is -0.114. The Morgan fingerprint density at radius 3 is 2.24 bits per heavy atom. The van der Waals surface area contributed by atoms with Crippen LogP contribution in [0.15, 0.2) is 24.3 Å². The minimum Gasteiger partial charge on any atom is -0.326 e. The van der Waals surface area contributed by atoms with E-state index in [1.807, 2.05) is 38.1 Å². The molecule has 0 aliphatic carbocycles. The molecule has 0 fully saturated rings. The molecule has 4 heteroatoms. The Balaban J connectivity index is 0.00000256. The van der Waals surface area contributed by atoms with Crippen LogP contribution in [-0.4, -0.2) is 11.4 Å². The Kier molecular flexibility index (Phi) is 6.21. The summed E-state index contributed by atoms with van der Waals surface area (Å²) in [6.07, 6.45) is 1.91. The van der Waals surface area contributed by atoms with Crippen molar-refractivity contribution < 1.29 is 4.79 Å². The maximum atomic E-state index is 10.8. The molecule has 0 heterocycles. The fraction of sp³-hybridized carbons (Fsp3) is 0.462. The molecule has 3 N–H and O–H groups in total. The first-order chi connectivity index (χ1) is 7.37. The maximum Gasteiger partial charge on any atom is 0.221 e. The molecule has 0 atom stereocenters. The Morgan fingerprint density at radius 2 is 1.82 bits per heavy atom. The van der Waals surface area contributed by atoms with Crippen molar-refractivity contribution >= 4 is 24.0 Å². The standard InChI is InChI=1S/C13H20N2O.ClH/c1-10(16)15-12-6-4-11(5-7-12)8-9-13(2,3)14;/h4-7H,8-9,14H2,1-3H3,(H,15,16);1H. The molecule has 0 saturated carbocycles. The first-order valence-corrected chi connectivity index (χ1v) is 5.52. The topological polar surface area (TPSA) is 55.1 Å². The van der Waals surface area contributed by atoms with Gasteiger partial charge in [0.25, 0.3) is 0 Å². The molecular formula is C13H21ClN2O. The fourth-order valence-electron chi connectivity index (χ4n) is 1.42. The number of halogens is 1. The third kappa shape index (κ3) is 6.97. The molecule has 1 aromatic carbocycles. The number of carbonyl (C=O) groups excluding carboxylic acids is 1. The quantitative estimate of drug-likeness (QED) is 0.870. The summed E-state index contributed by atoms with van der Waals surface area (Å²) in [6, 6.07) is 7.88. The van der Waals surface area contributed by atoms with Gasteiger partial charge in [0.1, 0.15) is 0 Å². The minimum atomic E-state index is -0.129. The summed E-state index contributed by atoms with van der Waals surface area (Å²) in [5.41, 5.74) is 7.87. The van der Waals surface area contributed by atoms with Crippen LogP contribution >= 0.6 is 12.4 Å². The van der Waals surface area contributed by atoms with Crippen LogP contribution in [0.3, 0.4) is 0 Å². The largest absolute Gasteiger partial charge is 0.326 e. The van der Waals surface area contributed by atoms with Crippen LogP contribution in [0, 0.1) is 0 Å². The van der Waals surface area contributed by atoms with E-state index in [0.29, 0.717) is 0 Å². The van der Waals surface area contributed by atoms with Gasteiger partial charge in [-0.25, -0.2) is 0 Å². The summed E-state index contributed by atoms with van der Waals surface area (Å²) < 4.78 is 0. The molecule has 0 unspecified atom stereocenters. The van der Waals surface area contributed by atoms with Crippen LogP contribution in [0.25, 0.3) is 0 Å². The first-order valence-electron chi connectivity index (χ1n) is 5.52. The average Bonchev–Trinajstić information content (AvgIpc) is 2.14. The number of hydrogen-bond acceptors (Lipinski definition) is 2. The second-order valence-electron chi connectivity index (χ2n) is 4.87. The Labute approximate surface area is 109 Å². The Hall–Kier alpha value is -1.06. The molecular weight excluding hydrogens is 236 g/mol. The van der Waals surface area contributed by atoms with Gasteiger partial charge in [0.15, 0.2) is 0 Å². The molecule has 3 nitrogen and oxygen atoms in total. The van der Waals surface area contributed by atoms with Gasteiger partial charge in [-0.3, -0.25) is 4.79 Å². The van der Waals surface area contributed by atoms with Crippen LogP contribution in [-0.2, 0) is 11.2 Å². The van der Waals surface area contributed by atoms with Gasteiger partial charge in [0, 0.05) is 18.2 Å². The lowest BCUT2D eigenvalue weighted by Crippen LogP contribution is -2.32. The molecule has 0 aliphatic rings. The van der Waals surface area contributed by atoms with Gasteiger partial charge >= 0.3 is 0 Å². The number of amides is 1. The van der Waals surface area contributed by atoms with E-state index in [-0.39, 0.29) is 23.9 Å².